The maximum Gasteiger partial charge on any atom is 0.123 e. The number of nitrogens with two attached hydrogens (primary N) is 1. The molecule has 2 N–H and O–H groups in total. The van der Waals surface area contributed by atoms with Gasteiger partial charge < -0.3 is 15.2 Å². The molecule has 1 aromatic rings. The van der Waals surface area contributed by atoms with Gasteiger partial charge in [0.25, 0.3) is 0 Å². The Kier molecular flexibility index (Phi) is 4.26. The predicted molar refractivity (Wildman–Crippen MR) is 68.4 cm³/mol. The van der Waals surface area contributed by atoms with E-state index in [1.165, 1.54) is 12.8 Å². The Balaban J connectivity index is 2.00. The lowest BCUT2D eigenvalue weighted by Crippen LogP contribution is -2.27. The van der Waals surface area contributed by atoms with Crippen LogP contribution in [-0.4, -0.2) is 19.3 Å². The van der Waals surface area contributed by atoms with Crippen LogP contribution >= 0.6 is 0 Å². The van der Waals surface area contributed by atoms with Crippen LogP contribution in [0.4, 0.5) is 0 Å². The molecule has 1 fully saturated rings. The fraction of sp³-hybridized carbons (Fsp3) is 0.571. The monoisotopic (exact) mass is 235 g/mol. The second kappa shape index (κ2) is 5.92. The average molecular weight is 235 g/mol. The van der Waals surface area contributed by atoms with Gasteiger partial charge in [-0.1, -0.05) is 6.07 Å². The molecule has 0 spiro atoms. The second-order valence-corrected chi connectivity index (χ2v) is 4.49. The van der Waals surface area contributed by atoms with E-state index in [2.05, 4.69) is 0 Å². The van der Waals surface area contributed by atoms with E-state index < -0.39 is 0 Å². The first-order valence-corrected chi connectivity index (χ1v) is 6.43. The molecule has 17 heavy (non-hydrogen) atoms. The Morgan fingerprint density at radius 2 is 2.12 bits per heavy atom. The molecule has 1 aliphatic rings. The van der Waals surface area contributed by atoms with Crippen LogP contribution in [0.25, 0.3) is 0 Å². The van der Waals surface area contributed by atoms with Crippen molar-refractivity contribution in [2.75, 3.05) is 13.2 Å². The van der Waals surface area contributed by atoms with Crippen LogP contribution in [0.5, 0.6) is 11.5 Å². The first-order valence-electron chi connectivity index (χ1n) is 6.43. The summed E-state index contributed by atoms with van der Waals surface area (Å²) in [5, 5.41) is 0. The van der Waals surface area contributed by atoms with E-state index in [0.29, 0.717) is 12.5 Å². The van der Waals surface area contributed by atoms with Crippen LogP contribution in [0.2, 0.25) is 0 Å². The normalized spacial score (nSPS) is 23.6. The standard InChI is InChI=1S/C14H21NO2/c1-2-16-12-6-4-7-13(9-12)17-14-8-3-5-11(14)10-15/h4,6-7,9,11,14H,2-3,5,8,10,15H2,1H3. The van der Waals surface area contributed by atoms with E-state index in [0.717, 1.165) is 24.5 Å². The minimum atomic E-state index is 0.275. The quantitative estimate of drug-likeness (QED) is 0.853. The molecule has 3 heteroatoms. The van der Waals surface area contributed by atoms with Gasteiger partial charge in [0.05, 0.1) is 6.61 Å². The van der Waals surface area contributed by atoms with Gasteiger partial charge in [0.1, 0.15) is 17.6 Å². The molecule has 2 atom stereocenters. The Bertz CT molecular complexity index is 354. The van der Waals surface area contributed by atoms with E-state index in [1.807, 2.05) is 31.2 Å². The fourth-order valence-electron chi connectivity index (χ4n) is 2.41. The lowest BCUT2D eigenvalue weighted by molar-refractivity contribution is 0.161. The zero-order chi connectivity index (χ0) is 12.1. The summed E-state index contributed by atoms with van der Waals surface area (Å²) in [5.74, 6) is 2.26. The SMILES string of the molecule is CCOc1cccc(OC2CCCC2CN)c1. The zero-order valence-corrected chi connectivity index (χ0v) is 10.4. The van der Waals surface area contributed by atoms with Crippen molar-refractivity contribution < 1.29 is 9.47 Å². The maximum absolute atomic E-state index is 6.01. The molecule has 94 valence electrons. The first-order chi connectivity index (χ1) is 8.33. The van der Waals surface area contributed by atoms with Gasteiger partial charge >= 0.3 is 0 Å². The van der Waals surface area contributed by atoms with E-state index >= 15 is 0 Å². The predicted octanol–water partition coefficient (Wildman–Crippen LogP) is 2.59. The third-order valence-electron chi connectivity index (χ3n) is 3.30. The molecule has 0 aromatic heterocycles. The number of benzene rings is 1. The van der Waals surface area contributed by atoms with Crippen LogP contribution in [0.1, 0.15) is 26.2 Å². The van der Waals surface area contributed by atoms with Crippen LogP contribution in [0.15, 0.2) is 24.3 Å². The molecule has 1 aliphatic carbocycles. The molecule has 3 nitrogen and oxygen atoms in total. The molecule has 1 aromatic carbocycles. The summed E-state index contributed by atoms with van der Waals surface area (Å²) in [6.45, 7) is 3.38. The number of hydrogen-bond donors (Lipinski definition) is 1. The molecular formula is C14H21NO2. The maximum atomic E-state index is 6.01. The highest BCUT2D eigenvalue weighted by atomic mass is 16.5. The van der Waals surface area contributed by atoms with Gasteiger partial charge in [0.15, 0.2) is 0 Å². The van der Waals surface area contributed by atoms with Gasteiger partial charge in [-0.05, 0) is 44.9 Å². The van der Waals surface area contributed by atoms with Crippen molar-refractivity contribution in [2.45, 2.75) is 32.3 Å². The van der Waals surface area contributed by atoms with Gasteiger partial charge in [-0.15, -0.1) is 0 Å². The summed E-state index contributed by atoms with van der Waals surface area (Å²) in [6.07, 6.45) is 3.79. The van der Waals surface area contributed by atoms with E-state index in [1.54, 1.807) is 0 Å². The van der Waals surface area contributed by atoms with Crippen molar-refractivity contribution in [3.05, 3.63) is 24.3 Å². The van der Waals surface area contributed by atoms with Gasteiger partial charge in [0, 0.05) is 12.0 Å². The summed E-state index contributed by atoms with van der Waals surface area (Å²) < 4.78 is 11.5. The van der Waals surface area contributed by atoms with Crippen LogP contribution < -0.4 is 15.2 Å². The molecule has 0 bridgehead atoms. The van der Waals surface area contributed by atoms with E-state index in [9.17, 15) is 0 Å². The summed E-state index contributed by atoms with van der Waals surface area (Å²) in [5.41, 5.74) is 5.75. The van der Waals surface area contributed by atoms with Gasteiger partial charge in [0.2, 0.25) is 0 Å². The second-order valence-electron chi connectivity index (χ2n) is 4.49. The van der Waals surface area contributed by atoms with Crippen molar-refractivity contribution in [1.29, 1.82) is 0 Å². The fourth-order valence-corrected chi connectivity index (χ4v) is 2.41. The highest BCUT2D eigenvalue weighted by molar-refractivity contribution is 5.33. The Morgan fingerprint density at radius 3 is 2.88 bits per heavy atom. The van der Waals surface area contributed by atoms with Crippen LogP contribution in [0.3, 0.4) is 0 Å². The number of ether oxygens (including phenoxy) is 2. The third-order valence-corrected chi connectivity index (χ3v) is 3.30. The van der Waals surface area contributed by atoms with Crippen molar-refractivity contribution >= 4 is 0 Å². The average Bonchev–Trinajstić information content (AvgIpc) is 2.77. The summed E-state index contributed by atoms with van der Waals surface area (Å²) in [7, 11) is 0. The topological polar surface area (TPSA) is 44.5 Å². The van der Waals surface area contributed by atoms with Crippen molar-refractivity contribution in [1.82, 2.24) is 0 Å². The van der Waals surface area contributed by atoms with E-state index in [4.69, 9.17) is 15.2 Å². The molecule has 0 saturated heterocycles. The molecule has 0 amide bonds. The number of hydrogen-bond acceptors (Lipinski definition) is 3. The van der Waals surface area contributed by atoms with Crippen molar-refractivity contribution in [2.24, 2.45) is 11.7 Å². The summed E-state index contributed by atoms with van der Waals surface area (Å²) >= 11 is 0. The third kappa shape index (κ3) is 3.13. The van der Waals surface area contributed by atoms with Gasteiger partial charge in [-0.2, -0.15) is 0 Å². The smallest absolute Gasteiger partial charge is 0.123 e. The molecule has 2 rings (SSSR count). The highest BCUT2D eigenvalue weighted by Crippen LogP contribution is 2.30. The molecule has 0 heterocycles. The molecule has 0 aliphatic heterocycles. The molecule has 0 radical (unpaired) electrons. The van der Waals surface area contributed by atoms with Crippen LogP contribution in [-0.2, 0) is 0 Å². The lowest BCUT2D eigenvalue weighted by atomic mass is 10.1. The highest BCUT2D eigenvalue weighted by Gasteiger charge is 2.27. The molecular weight excluding hydrogens is 214 g/mol. The number of rotatable bonds is 5. The Labute approximate surface area is 103 Å². The summed E-state index contributed by atoms with van der Waals surface area (Å²) in [4.78, 5) is 0. The minimum absolute atomic E-state index is 0.275. The van der Waals surface area contributed by atoms with Gasteiger partial charge in [-0.25, -0.2) is 0 Å². The molecule has 1 saturated carbocycles. The van der Waals surface area contributed by atoms with Crippen LogP contribution in [0, 0.1) is 5.92 Å². The zero-order valence-electron chi connectivity index (χ0n) is 10.4. The van der Waals surface area contributed by atoms with Gasteiger partial charge in [-0.3, -0.25) is 0 Å². The van der Waals surface area contributed by atoms with E-state index in [-0.39, 0.29) is 6.10 Å². The minimum Gasteiger partial charge on any atom is -0.494 e. The molecule has 2 unspecified atom stereocenters. The van der Waals surface area contributed by atoms with Crippen molar-refractivity contribution in [3.8, 4) is 11.5 Å². The lowest BCUT2D eigenvalue weighted by Gasteiger charge is -2.20. The first kappa shape index (κ1) is 12.2. The Morgan fingerprint density at radius 1 is 1.29 bits per heavy atom. The Hall–Kier alpha value is -1.22. The van der Waals surface area contributed by atoms with Crippen molar-refractivity contribution in [3.63, 3.8) is 0 Å². The largest absolute Gasteiger partial charge is 0.494 e. The summed E-state index contributed by atoms with van der Waals surface area (Å²) in [6, 6.07) is 7.85.